The Hall–Kier alpha value is -0.770. The third-order valence-electron chi connectivity index (χ3n) is 3.55. The molecule has 1 heterocycles. The van der Waals surface area contributed by atoms with Gasteiger partial charge in [0.2, 0.25) is 0 Å². The van der Waals surface area contributed by atoms with Crippen LogP contribution in [0.4, 0.5) is 0 Å². The van der Waals surface area contributed by atoms with Crippen LogP contribution in [0, 0.1) is 0 Å². The molecule has 1 saturated heterocycles. The van der Waals surface area contributed by atoms with Gasteiger partial charge in [0.1, 0.15) is 0 Å². The van der Waals surface area contributed by atoms with Gasteiger partial charge in [0.25, 0.3) is 0 Å². The molecule has 0 bridgehead atoms. The highest BCUT2D eigenvalue weighted by atomic mass is 32.2. The molecule has 104 valence electrons. The van der Waals surface area contributed by atoms with Gasteiger partial charge in [0.05, 0.1) is 0 Å². The van der Waals surface area contributed by atoms with Crippen LogP contribution >= 0.6 is 11.8 Å². The van der Waals surface area contributed by atoms with E-state index in [1.165, 1.54) is 11.3 Å². The molecule has 0 saturated carbocycles. The molecule has 1 aliphatic heterocycles. The Morgan fingerprint density at radius 2 is 2.21 bits per heavy atom. The van der Waals surface area contributed by atoms with E-state index in [9.17, 15) is 0 Å². The Bertz CT molecular complexity index is 380. The summed E-state index contributed by atoms with van der Waals surface area (Å²) in [6, 6.07) is 12.0. The average molecular weight is 276 g/mol. The van der Waals surface area contributed by atoms with Gasteiger partial charge in [-0.15, -0.1) is 6.58 Å². The first-order chi connectivity index (χ1) is 9.31. The van der Waals surface area contributed by atoms with E-state index < -0.39 is 0 Å². The summed E-state index contributed by atoms with van der Waals surface area (Å²) in [5, 5.41) is 3.60. The van der Waals surface area contributed by atoms with Gasteiger partial charge < -0.3 is 5.32 Å². The van der Waals surface area contributed by atoms with Crippen LogP contribution < -0.4 is 5.32 Å². The minimum absolute atomic E-state index is 0.515. The van der Waals surface area contributed by atoms with E-state index >= 15 is 0 Å². The quantitative estimate of drug-likeness (QED) is 0.635. The molecule has 1 aromatic carbocycles. The van der Waals surface area contributed by atoms with Crippen molar-refractivity contribution in [1.29, 1.82) is 0 Å². The largest absolute Gasteiger partial charge is 0.311 e. The summed E-state index contributed by atoms with van der Waals surface area (Å²) >= 11 is 1.97. The van der Waals surface area contributed by atoms with Crippen molar-refractivity contribution in [3.63, 3.8) is 0 Å². The van der Waals surface area contributed by atoms with Gasteiger partial charge in [-0.2, -0.15) is 11.8 Å². The summed E-state index contributed by atoms with van der Waals surface area (Å²) in [5.74, 6) is 2.24. The highest BCUT2D eigenvalue weighted by Crippen LogP contribution is 2.23. The van der Waals surface area contributed by atoms with Crippen LogP contribution in [0.1, 0.15) is 18.5 Å². The third-order valence-corrected chi connectivity index (χ3v) is 4.49. The summed E-state index contributed by atoms with van der Waals surface area (Å²) in [6.45, 7) is 9.39. The maximum atomic E-state index is 3.78. The fraction of sp³-hybridized carbons (Fsp3) is 0.500. The highest BCUT2D eigenvalue weighted by Gasteiger charge is 2.26. The molecule has 2 atom stereocenters. The molecule has 2 unspecified atom stereocenters. The van der Waals surface area contributed by atoms with Gasteiger partial charge in [-0.1, -0.05) is 36.4 Å². The zero-order valence-corrected chi connectivity index (χ0v) is 12.5. The Balaban J connectivity index is 1.96. The molecule has 1 fully saturated rings. The van der Waals surface area contributed by atoms with E-state index in [1.807, 2.05) is 17.8 Å². The van der Waals surface area contributed by atoms with Crippen LogP contribution in [0.2, 0.25) is 0 Å². The first-order valence-corrected chi connectivity index (χ1v) is 8.17. The summed E-state index contributed by atoms with van der Waals surface area (Å²) in [4.78, 5) is 2.62. The molecule has 0 aliphatic carbocycles. The normalized spacial score (nSPS) is 24.3. The zero-order chi connectivity index (χ0) is 13.5. The molecular weight excluding hydrogens is 252 g/mol. The number of hydrogen-bond donors (Lipinski definition) is 1. The SMILES string of the molecule is C=CCSCCN1CC(C)NCC1c1ccccc1. The van der Waals surface area contributed by atoms with Crippen molar-refractivity contribution in [2.75, 3.05) is 31.1 Å². The lowest BCUT2D eigenvalue weighted by atomic mass is 10.0. The first-order valence-electron chi connectivity index (χ1n) is 7.02. The molecule has 1 aromatic rings. The number of piperazine rings is 1. The Morgan fingerprint density at radius 3 is 2.95 bits per heavy atom. The van der Waals surface area contributed by atoms with Crippen molar-refractivity contribution in [3.05, 3.63) is 48.6 Å². The van der Waals surface area contributed by atoms with E-state index in [1.54, 1.807) is 0 Å². The smallest absolute Gasteiger partial charge is 0.0473 e. The molecule has 0 radical (unpaired) electrons. The number of thioether (sulfide) groups is 1. The number of rotatable bonds is 6. The van der Waals surface area contributed by atoms with E-state index in [0.29, 0.717) is 12.1 Å². The highest BCUT2D eigenvalue weighted by molar-refractivity contribution is 7.99. The lowest BCUT2D eigenvalue weighted by Gasteiger charge is -2.39. The molecule has 0 spiro atoms. The van der Waals surface area contributed by atoms with Gasteiger partial charge in [-0.05, 0) is 12.5 Å². The fourth-order valence-corrected chi connectivity index (χ4v) is 3.28. The van der Waals surface area contributed by atoms with Crippen molar-refractivity contribution in [1.82, 2.24) is 10.2 Å². The summed E-state index contributed by atoms with van der Waals surface area (Å²) in [5.41, 5.74) is 1.43. The lowest BCUT2D eigenvalue weighted by molar-refractivity contribution is 0.144. The van der Waals surface area contributed by atoms with Crippen LogP contribution in [0.15, 0.2) is 43.0 Å². The van der Waals surface area contributed by atoms with Gasteiger partial charge in [0.15, 0.2) is 0 Å². The minimum atomic E-state index is 0.515. The molecule has 1 aliphatic rings. The van der Waals surface area contributed by atoms with Crippen LogP contribution in [0.3, 0.4) is 0 Å². The maximum Gasteiger partial charge on any atom is 0.0473 e. The van der Waals surface area contributed by atoms with Crippen molar-refractivity contribution in [3.8, 4) is 0 Å². The molecule has 1 N–H and O–H groups in total. The minimum Gasteiger partial charge on any atom is -0.311 e. The number of hydrogen-bond acceptors (Lipinski definition) is 3. The van der Waals surface area contributed by atoms with E-state index in [4.69, 9.17) is 0 Å². The van der Waals surface area contributed by atoms with Gasteiger partial charge >= 0.3 is 0 Å². The van der Waals surface area contributed by atoms with Crippen molar-refractivity contribution in [2.24, 2.45) is 0 Å². The van der Waals surface area contributed by atoms with Crippen LogP contribution in [0.5, 0.6) is 0 Å². The van der Waals surface area contributed by atoms with Crippen molar-refractivity contribution >= 4 is 11.8 Å². The van der Waals surface area contributed by atoms with Crippen LogP contribution in [-0.2, 0) is 0 Å². The van der Waals surface area contributed by atoms with Gasteiger partial charge in [-0.3, -0.25) is 4.90 Å². The Morgan fingerprint density at radius 1 is 1.42 bits per heavy atom. The fourth-order valence-electron chi connectivity index (χ4n) is 2.58. The van der Waals surface area contributed by atoms with Crippen molar-refractivity contribution in [2.45, 2.75) is 19.0 Å². The summed E-state index contributed by atoms with van der Waals surface area (Å²) in [6.07, 6.45) is 1.99. The third kappa shape index (κ3) is 4.37. The summed E-state index contributed by atoms with van der Waals surface area (Å²) in [7, 11) is 0. The number of benzene rings is 1. The monoisotopic (exact) mass is 276 g/mol. The molecule has 0 aromatic heterocycles. The number of nitrogens with zero attached hydrogens (tertiary/aromatic N) is 1. The zero-order valence-electron chi connectivity index (χ0n) is 11.7. The first kappa shape index (κ1) is 14.6. The Kier molecular flexibility index (Phi) is 5.95. The van der Waals surface area contributed by atoms with E-state index in [2.05, 4.69) is 54.1 Å². The van der Waals surface area contributed by atoms with E-state index in [0.717, 1.165) is 25.4 Å². The lowest BCUT2D eigenvalue weighted by Crippen LogP contribution is -2.51. The molecule has 2 rings (SSSR count). The topological polar surface area (TPSA) is 15.3 Å². The van der Waals surface area contributed by atoms with Gasteiger partial charge in [0, 0.05) is 43.2 Å². The molecular formula is C16H24N2S. The van der Waals surface area contributed by atoms with E-state index in [-0.39, 0.29) is 0 Å². The molecule has 0 amide bonds. The second kappa shape index (κ2) is 7.73. The van der Waals surface area contributed by atoms with Crippen LogP contribution in [-0.4, -0.2) is 42.1 Å². The predicted molar refractivity (Wildman–Crippen MR) is 85.7 cm³/mol. The average Bonchev–Trinajstić information content (AvgIpc) is 2.45. The second-order valence-electron chi connectivity index (χ2n) is 5.09. The van der Waals surface area contributed by atoms with Crippen molar-refractivity contribution < 1.29 is 0 Å². The second-order valence-corrected chi connectivity index (χ2v) is 6.24. The molecule has 2 nitrogen and oxygen atoms in total. The molecule has 19 heavy (non-hydrogen) atoms. The maximum absolute atomic E-state index is 3.78. The predicted octanol–water partition coefficient (Wildman–Crippen LogP) is 2.94. The van der Waals surface area contributed by atoms with Crippen LogP contribution in [0.25, 0.3) is 0 Å². The Labute approximate surface area is 121 Å². The number of nitrogens with one attached hydrogen (secondary N) is 1. The standard InChI is InChI=1S/C16H24N2S/c1-3-10-19-11-9-18-13-14(2)17-12-16(18)15-7-5-4-6-8-15/h3-8,14,16-17H,1,9-13H2,2H3. The van der Waals surface area contributed by atoms with Gasteiger partial charge in [-0.25, -0.2) is 0 Å². The summed E-state index contributed by atoms with van der Waals surface area (Å²) < 4.78 is 0. The molecule has 3 heteroatoms.